The first-order valence-electron chi connectivity index (χ1n) is 5.71. The van der Waals surface area contributed by atoms with E-state index in [1.54, 1.807) is 6.08 Å². The molecule has 18 heavy (non-hydrogen) atoms. The molecule has 2 aromatic carbocycles. The summed E-state index contributed by atoms with van der Waals surface area (Å²) in [6.45, 7) is 2.04. The summed E-state index contributed by atoms with van der Waals surface area (Å²) in [6, 6.07) is 15.6. The van der Waals surface area contributed by atoms with Gasteiger partial charge in [-0.25, -0.2) is 0 Å². The van der Waals surface area contributed by atoms with Crippen LogP contribution in [0.5, 0.6) is 0 Å². The van der Waals surface area contributed by atoms with Gasteiger partial charge in [0.1, 0.15) is 0 Å². The van der Waals surface area contributed by atoms with Crippen molar-refractivity contribution in [2.24, 2.45) is 0 Å². The van der Waals surface area contributed by atoms with Crippen LogP contribution < -0.4 is 0 Å². The highest BCUT2D eigenvalue weighted by atomic mass is 127. The summed E-state index contributed by atoms with van der Waals surface area (Å²) in [7, 11) is 0. The molecule has 0 amide bonds. The Kier molecular flexibility index (Phi) is 4.31. The summed E-state index contributed by atoms with van der Waals surface area (Å²) in [5, 5.41) is 0. The molecule has 0 bridgehead atoms. The van der Waals surface area contributed by atoms with Crippen LogP contribution in [0.1, 0.15) is 21.5 Å². The Labute approximate surface area is 121 Å². The van der Waals surface area contributed by atoms with Crippen molar-refractivity contribution in [2.75, 3.05) is 0 Å². The van der Waals surface area contributed by atoms with Gasteiger partial charge in [-0.2, -0.15) is 0 Å². The third kappa shape index (κ3) is 3.07. The monoisotopic (exact) mass is 348 g/mol. The first kappa shape index (κ1) is 13.0. The predicted octanol–water partition coefficient (Wildman–Crippen LogP) is 4.50. The van der Waals surface area contributed by atoms with Gasteiger partial charge in [0.25, 0.3) is 0 Å². The maximum atomic E-state index is 12.1. The molecule has 2 aromatic rings. The normalized spacial score (nSPS) is 10.8. The Balaban J connectivity index is 2.23. The van der Waals surface area contributed by atoms with Crippen molar-refractivity contribution in [2.45, 2.75) is 6.92 Å². The molecule has 2 heteroatoms. The average Bonchev–Trinajstić information content (AvgIpc) is 2.38. The molecule has 0 aliphatic heterocycles. The lowest BCUT2D eigenvalue weighted by Gasteiger charge is -2.00. The summed E-state index contributed by atoms with van der Waals surface area (Å²) in [5.41, 5.74) is 3.00. The molecule has 0 fully saturated rings. The molecule has 0 radical (unpaired) electrons. The van der Waals surface area contributed by atoms with Crippen LogP contribution in [-0.2, 0) is 0 Å². The van der Waals surface area contributed by atoms with Crippen LogP contribution in [0.25, 0.3) is 6.08 Å². The van der Waals surface area contributed by atoms with Gasteiger partial charge in [0.15, 0.2) is 5.78 Å². The fraction of sp³-hybridized carbons (Fsp3) is 0.0625. The molecule has 0 atom stereocenters. The first-order valence-corrected chi connectivity index (χ1v) is 6.79. The van der Waals surface area contributed by atoms with Crippen LogP contribution in [0.3, 0.4) is 0 Å². The zero-order chi connectivity index (χ0) is 13.0. The van der Waals surface area contributed by atoms with Crippen molar-refractivity contribution in [1.82, 2.24) is 0 Å². The van der Waals surface area contributed by atoms with Crippen molar-refractivity contribution in [1.29, 1.82) is 0 Å². The highest BCUT2D eigenvalue weighted by Crippen LogP contribution is 2.14. The molecule has 2 rings (SSSR count). The molecular weight excluding hydrogens is 335 g/mol. The Morgan fingerprint density at radius 3 is 2.44 bits per heavy atom. The third-order valence-corrected chi connectivity index (χ3v) is 3.68. The zero-order valence-corrected chi connectivity index (χ0v) is 12.2. The van der Waals surface area contributed by atoms with Crippen LogP contribution in [0.4, 0.5) is 0 Å². The highest BCUT2D eigenvalue weighted by molar-refractivity contribution is 14.1. The fourth-order valence-electron chi connectivity index (χ4n) is 1.69. The zero-order valence-electron chi connectivity index (χ0n) is 10.1. The fourth-order valence-corrected chi connectivity index (χ4v) is 2.34. The van der Waals surface area contributed by atoms with Crippen molar-refractivity contribution in [3.05, 3.63) is 74.9 Å². The van der Waals surface area contributed by atoms with Crippen molar-refractivity contribution >= 4 is 34.5 Å². The molecule has 0 saturated heterocycles. The molecule has 0 aliphatic rings. The number of rotatable bonds is 3. The number of aryl methyl sites for hydroxylation is 1. The molecule has 0 heterocycles. The number of carbonyl (C=O) groups is 1. The molecule has 90 valence electrons. The minimum absolute atomic E-state index is 0.0447. The van der Waals surface area contributed by atoms with Gasteiger partial charge in [-0.05, 0) is 58.9 Å². The van der Waals surface area contributed by atoms with E-state index in [1.165, 1.54) is 5.56 Å². The van der Waals surface area contributed by atoms with E-state index >= 15 is 0 Å². The first-order chi connectivity index (χ1) is 8.68. The van der Waals surface area contributed by atoms with Gasteiger partial charge in [-0.3, -0.25) is 4.79 Å². The van der Waals surface area contributed by atoms with E-state index in [2.05, 4.69) is 22.6 Å². The summed E-state index contributed by atoms with van der Waals surface area (Å²) >= 11 is 2.18. The number of benzene rings is 2. The molecule has 0 N–H and O–H groups in total. The number of hydrogen-bond acceptors (Lipinski definition) is 1. The van der Waals surface area contributed by atoms with Gasteiger partial charge in [0.2, 0.25) is 0 Å². The number of allylic oxidation sites excluding steroid dienone is 1. The summed E-state index contributed by atoms with van der Waals surface area (Å²) in [4.78, 5) is 12.1. The van der Waals surface area contributed by atoms with E-state index in [4.69, 9.17) is 0 Å². The predicted molar refractivity (Wildman–Crippen MR) is 83.7 cm³/mol. The van der Waals surface area contributed by atoms with Crippen molar-refractivity contribution in [3.63, 3.8) is 0 Å². The lowest BCUT2D eigenvalue weighted by atomic mass is 10.1. The SMILES string of the molecule is Cc1ccccc1/C=C/C(=O)c1ccccc1I. The third-order valence-electron chi connectivity index (χ3n) is 2.74. The molecular formula is C16H13IO. The smallest absolute Gasteiger partial charge is 0.186 e. The van der Waals surface area contributed by atoms with Gasteiger partial charge in [-0.15, -0.1) is 0 Å². The van der Waals surface area contributed by atoms with Crippen LogP contribution in [0, 0.1) is 10.5 Å². The lowest BCUT2D eigenvalue weighted by molar-refractivity contribution is 0.104. The summed E-state index contributed by atoms with van der Waals surface area (Å²) in [5.74, 6) is 0.0447. The molecule has 0 aliphatic carbocycles. The number of carbonyl (C=O) groups excluding carboxylic acids is 1. The van der Waals surface area contributed by atoms with Crippen LogP contribution in [-0.4, -0.2) is 5.78 Å². The Bertz CT molecular complexity index is 600. The maximum absolute atomic E-state index is 12.1. The summed E-state index contributed by atoms with van der Waals surface area (Å²) < 4.78 is 0.981. The number of halogens is 1. The second-order valence-corrected chi connectivity index (χ2v) is 5.20. The van der Waals surface area contributed by atoms with E-state index in [0.717, 1.165) is 14.7 Å². The Morgan fingerprint density at radius 1 is 1.06 bits per heavy atom. The van der Waals surface area contributed by atoms with Gasteiger partial charge in [0.05, 0.1) is 0 Å². The maximum Gasteiger partial charge on any atom is 0.186 e. The molecule has 0 spiro atoms. The van der Waals surface area contributed by atoms with Gasteiger partial charge >= 0.3 is 0 Å². The number of ketones is 1. The van der Waals surface area contributed by atoms with Crippen LogP contribution in [0.2, 0.25) is 0 Å². The molecule has 0 aromatic heterocycles. The number of hydrogen-bond donors (Lipinski definition) is 0. The molecule has 1 nitrogen and oxygen atoms in total. The Morgan fingerprint density at radius 2 is 1.72 bits per heavy atom. The minimum atomic E-state index is 0.0447. The molecule has 0 unspecified atom stereocenters. The second kappa shape index (κ2) is 5.96. The van der Waals surface area contributed by atoms with Crippen molar-refractivity contribution in [3.8, 4) is 0 Å². The van der Waals surface area contributed by atoms with Gasteiger partial charge in [0, 0.05) is 9.13 Å². The standard InChI is InChI=1S/C16H13IO/c1-12-6-2-3-7-13(12)10-11-16(18)14-8-4-5-9-15(14)17/h2-11H,1H3/b11-10+. The lowest BCUT2D eigenvalue weighted by Crippen LogP contribution is -1.97. The van der Waals surface area contributed by atoms with E-state index in [9.17, 15) is 4.79 Å². The largest absolute Gasteiger partial charge is 0.289 e. The second-order valence-electron chi connectivity index (χ2n) is 4.03. The van der Waals surface area contributed by atoms with E-state index < -0.39 is 0 Å². The topological polar surface area (TPSA) is 17.1 Å². The quantitative estimate of drug-likeness (QED) is 0.454. The van der Waals surface area contributed by atoms with Gasteiger partial charge < -0.3 is 0 Å². The molecule has 0 saturated carbocycles. The van der Waals surface area contributed by atoms with E-state index in [1.807, 2.05) is 61.5 Å². The average molecular weight is 348 g/mol. The van der Waals surface area contributed by atoms with E-state index in [0.29, 0.717) is 0 Å². The van der Waals surface area contributed by atoms with Crippen LogP contribution >= 0.6 is 22.6 Å². The van der Waals surface area contributed by atoms with Crippen molar-refractivity contribution < 1.29 is 4.79 Å². The summed E-state index contributed by atoms with van der Waals surface area (Å²) in [6.07, 6.45) is 3.51. The highest BCUT2D eigenvalue weighted by Gasteiger charge is 2.05. The van der Waals surface area contributed by atoms with E-state index in [-0.39, 0.29) is 5.78 Å². The minimum Gasteiger partial charge on any atom is -0.289 e. The van der Waals surface area contributed by atoms with Crippen LogP contribution in [0.15, 0.2) is 54.6 Å². The van der Waals surface area contributed by atoms with Gasteiger partial charge in [-0.1, -0.05) is 42.5 Å². The Hall–Kier alpha value is -1.42.